The van der Waals surface area contributed by atoms with E-state index in [0.29, 0.717) is 12.8 Å². The summed E-state index contributed by atoms with van der Waals surface area (Å²) in [6, 6.07) is 0. The van der Waals surface area contributed by atoms with E-state index in [1.54, 1.807) is 13.0 Å². The Hall–Kier alpha value is -1.14. The molecule has 0 fully saturated rings. The molecular formula is C16H25F5O2. The van der Waals surface area contributed by atoms with E-state index in [0.717, 1.165) is 19.3 Å². The molecule has 1 atom stereocenters. The van der Waals surface area contributed by atoms with Crippen molar-refractivity contribution < 1.29 is 31.5 Å². The van der Waals surface area contributed by atoms with Gasteiger partial charge in [0.05, 0.1) is 12.5 Å². The Bertz CT molecular complexity index is 353. The quantitative estimate of drug-likeness (QED) is 0.197. The second kappa shape index (κ2) is 10.6. The summed E-state index contributed by atoms with van der Waals surface area (Å²) in [6.07, 6.45) is -1.72. The van der Waals surface area contributed by atoms with Gasteiger partial charge in [-0.25, -0.2) is 0 Å². The summed E-state index contributed by atoms with van der Waals surface area (Å²) in [5, 5.41) is 0. The zero-order valence-corrected chi connectivity index (χ0v) is 13.4. The largest absolute Gasteiger partial charge is 0.466 e. The minimum Gasteiger partial charge on any atom is -0.466 e. The molecule has 0 spiro atoms. The average molecular weight is 344 g/mol. The Kier molecular flexibility index (Phi) is 10.1. The standard InChI is InChI=1S/C16H25F5O2/c1-3-5-6-7-8-10-13(14(22)23-4-2)11-9-12-15(17,18)16(19,20)21/h3,13H,1,4-12H2,2H3. The lowest BCUT2D eigenvalue weighted by molar-refractivity contribution is -0.284. The molecule has 0 aromatic heterocycles. The molecule has 0 saturated carbocycles. The van der Waals surface area contributed by atoms with Gasteiger partial charge in [-0.05, 0) is 39.0 Å². The topological polar surface area (TPSA) is 26.3 Å². The molecule has 0 aromatic carbocycles. The molecule has 0 aliphatic carbocycles. The van der Waals surface area contributed by atoms with Gasteiger partial charge >= 0.3 is 18.1 Å². The molecule has 0 amide bonds. The van der Waals surface area contributed by atoms with E-state index in [9.17, 15) is 26.7 Å². The highest BCUT2D eigenvalue weighted by atomic mass is 19.4. The molecule has 0 aliphatic heterocycles. The van der Waals surface area contributed by atoms with E-state index in [-0.39, 0.29) is 19.4 Å². The van der Waals surface area contributed by atoms with Gasteiger partial charge in [-0.15, -0.1) is 6.58 Å². The molecule has 136 valence electrons. The van der Waals surface area contributed by atoms with Gasteiger partial charge in [-0.3, -0.25) is 4.79 Å². The first-order valence-corrected chi connectivity index (χ1v) is 7.87. The first kappa shape index (κ1) is 21.9. The number of hydrogen-bond acceptors (Lipinski definition) is 2. The highest BCUT2D eigenvalue weighted by Gasteiger charge is 2.56. The van der Waals surface area contributed by atoms with Crippen molar-refractivity contribution in [2.45, 2.75) is 70.4 Å². The van der Waals surface area contributed by atoms with Crippen LogP contribution in [0.1, 0.15) is 58.3 Å². The van der Waals surface area contributed by atoms with Crippen molar-refractivity contribution in [1.29, 1.82) is 0 Å². The zero-order valence-electron chi connectivity index (χ0n) is 13.4. The minimum absolute atomic E-state index is 0.0219. The Balaban J connectivity index is 4.36. The van der Waals surface area contributed by atoms with Gasteiger partial charge in [0.15, 0.2) is 0 Å². The fraction of sp³-hybridized carbons (Fsp3) is 0.812. The van der Waals surface area contributed by atoms with Crippen LogP contribution in [0.4, 0.5) is 22.0 Å². The van der Waals surface area contributed by atoms with Gasteiger partial charge in [0.2, 0.25) is 0 Å². The second-order valence-electron chi connectivity index (χ2n) is 5.47. The van der Waals surface area contributed by atoms with E-state index < -0.39 is 30.4 Å². The predicted molar refractivity (Wildman–Crippen MR) is 78.3 cm³/mol. The molecule has 0 heterocycles. The van der Waals surface area contributed by atoms with Crippen molar-refractivity contribution in [2.24, 2.45) is 5.92 Å². The van der Waals surface area contributed by atoms with Gasteiger partial charge in [0.25, 0.3) is 0 Å². The molecular weight excluding hydrogens is 319 g/mol. The fourth-order valence-electron chi connectivity index (χ4n) is 2.21. The molecule has 23 heavy (non-hydrogen) atoms. The van der Waals surface area contributed by atoms with Crippen LogP contribution in [0.25, 0.3) is 0 Å². The van der Waals surface area contributed by atoms with Gasteiger partial charge in [-0.2, -0.15) is 22.0 Å². The van der Waals surface area contributed by atoms with Crippen LogP contribution in [0.15, 0.2) is 12.7 Å². The zero-order chi connectivity index (χ0) is 17.9. The van der Waals surface area contributed by atoms with Crippen LogP contribution in [0.5, 0.6) is 0 Å². The number of hydrogen-bond donors (Lipinski definition) is 0. The highest BCUT2D eigenvalue weighted by Crippen LogP contribution is 2.39. The maximum Gasteiger partial charge on any atom is 0.453 e. The molecule has 0 bridgehead atoms. The first-order valence-electron chi connectivity index (χ1n) is 7.87. The van der Waals surface area contributed by atoms with Crippen molar-refractivity contribution in [3.8, 4) is 0 Å². The van der Waals surface area contributed by atoms with E-state index in [2.05, 4.69) is 6.58 Å². The van der Waals surface area contributed by atoms with Crippen molar-refractivity contribution >= 4 is 5.97 Å². The number of unbranched alkanes of at least 4 members (excludes halogenated alkanes) is 3. The molecule has 0 saturated heterocycles. The first-order chi connectivity index (χ1) is 10.7. The third kappa shape index (κ3) is 8.91. The van der Waals surface area contributed by atoms with Crippen molar-refractivity contribution in [2.75, 3.05) is 6.61 Å². The third-order valence-corrected chi connectivity index (χ3v) is 3.54. The van der Waals surface area contributed by atoms with E-state index in [1.165, 1.54) is 0 Å². The molecule has 0 aliphatic rings. The van der Waals surface area contributed by atoms with Crippen LogP contribution in [0.3, 0.4) is 0 Å². The van der Waals surface area contributed by atoms with Gasteiger partial charge in [0, 0.05) is 6.42 Å². The van der Waals surface area contributed by atoms with E-state index >= 15 is 0 Å². The summed E-state index contributed by atoms with van der Waals surface area (Å²) >= 11 is 0. The summed E-state index contributed by atoms with van der Waals surface area (Å²) < 4.78 is 66.9. The maximum atomic E-state index is 12.9. The monoisotopic (exact) mass is 344 g/mol. The van der Waals surface area contributed by atoms with Gasteiger partial charge < -0.3 is 4.74 Å². The predicted octanol–water partition coefficient (Wildman–Crippen LogP) is 5.67. The van der Waals surface area contributed by atoms with Crippen LogP contribution in [-0.2, 0) is 9.53 Å². The lowest BCUT2D eigenvalue weighted by Gasteiger charge is -2.21. The Labute approximate surface area is 134 Å². The number of ether oxygens (including phenoxy) is 1. The molecule has 1 unspecified atom stereocenters. The molecule has 0 N–H and O–H groups in total. The SMILES string of the molecule is C=CCCCCCC(CCCC(F)(F)C(F)(F)F)C(=O)OCC. The summed E-state index contributed by atoms with van der Waals surface area (Å²) in [4.78, 5) is 11.8. The number of halogens is 5. The lowest BCUT2D eigenvalue weighted by atomic mass is 9.94. The summed E-state index contributed by atoms with van der Waals surface area (Å²) in [5.41, 5.74) is 0. The van der Waals surface area contributed by atoms with Crippen LogP contribution in [0.2, 0.25) is 0 Å². The third-order valence-electron chi connectivity index (χ3n) is 3.54. The molecule has 0 aromatic rings. The summed E-state index contributed by atoms with van der Waals surface area (Å²) in [5.74, 6) is -5.86. The van der Waals surface area contributed by atoms with E-state index in [1.807, 2.05) is 0 Å². The number of rotatable bonds is 12. The minimum atomic E-state index is -5.54. The number of esters is 1. The van der Waals surface area contributed by atoms with Crippen LogP contribution in [0, 0.1) is 5.92 Å². The van der Waals surface area contributed by atoms with Gasteiger partial charge in [-0.1, -0.05) is 18.9 Å². The Morgan fingerprint density at radius 1 is 1.09 bits per heavy atom. The Morgan fingerprint density at radius 2 is 1.70 bits per heavy atom. The van der Waals surface area contributed by atoms with Crippen LogP contribution >= 0.6 is 0 Å². The fourth-order valence-corrected chi connectivity index (χ4v) is 2.21. The Morgan fingerprint density at radius 3 is 2.22 bits per heavy atom. The maximum absolute atomic E-state index is 12.9. The van der Waals surface area contributed by atoms with Crippen molar-refractivity contribution in [3.63, 3.8) is 0 Å². The summed E-state index contributed by atoms with van der Waals surface area (Å²) in [7, 11) is 0. The number of carbonyl (C=O) groups is 1. The average Bonchev–Trinajstić information content (AvgIpc) is 2.44. The number of carbonyl (C=O) groups excluding carboxylic acids is 1. The molecule has 7 heteroatoms. The number of alkyl halides is 5. The molecule has 0 radical (unpaired) electrons. The van der Waals surface area contributed by atoms with Crippen molar-refractivity contribution in [1.82, 2.24) is 0 Å². The number of allylic oxidation sites excluding steroid dienone is 1. The van der Waals surface area contributed by atoms with Gasteiger partial charge in [0.1, 0.15) is 0 Å². The van der Waals surface area contributed by atoms with Crippen LogP contribution in [-0.4, -0.2) is 24.7 Å². The lowest BCUT2D eigenvalue weighted by Crippen LogP contribution is -2.36. The normalized spacial score (nSPS) is 13.7. The molecule has 0 rings (SSSR count). The molecule has 2 nitrogen and oxygen atoms in total. The van der Waals surface area contributed by atoms with Crippen molar-refractivity contribution in [3.05, 3.63) is 12.7 Å². The second-order valence-corrected chi connectivity index (χ2v) is 5.47. The smallest absolute Gasteiger partial charge is 0.453 e. The van der Waals surface area contributed by atoms with E-state index in [4.69, 9.17) is 4.74 Å². The summed E-state index contributed by atoms with van der Waals surface area (Å²) in [6.45, 7) is 5.37. The highest BCUT2D eigenvalue weighted by molar-refractivity contribution is 5.72. The van der Waals surface area contributed by atoms with Crippen LogP contribution < -0.4 is 0 Å².